The van der Waals surface area contributed by atoms with Gasteiger partial charge in [-0.25, -0.2) is 4.79 Å². The van der Waals surface area contributed by atoms with E-state index in [0.29, 0.717) is 17.7 Å². The predicted octanol–water partition coefficient (Wildman–Crippen LogP) is 3.22. The average molecular weight is 320 g/mol. The van der Waals surface area contributed by atoms with E-state index in [2.05, 4.69) is 0 Å². The van der Waals surface area contributed by atoms with Crippen molar-refractivity contribution in [1.82, 2.24) is 0 Å². The highest BCUT2D eigenvalue weighted by Gasteiger charge is 2.33. The van der Waals surface area contributed by atoms with Gasteiger partial charge < -0.3 is 14.2 Å². The molecule has 1 aliphatic rings. The molecule has 126 valence electrons. The normalized spacial score (nSPS) is 20.3. The van der Waals surface area contributed by atoms with Gasteiger partial charge in [-0.1, -0.05) is 32.9 Å². The van der Waals surface area contributed by atoms with E-state index in [1.165, 1.54) is 0 Å². The van der Waals surface area contributed by atoms with E-state index >= 15 is 0 Å². The number of hydrogen-bond donors (Lipinski definition) is 0. The Morgan fingerprint density at radius 1 is 1.17 bits per heavy atom. The molecule has 23 heavy (non-hydrogen) atoms. The Kier molecular flexibility index (Phi) is 4.92. The summed E-state index contributed by atoms with van der Waals surface area (Å²) in [5.41, 5.74) is 0.547. The molecule has 5 nitrogen and oxygen atoms in total. The van der Waals surface area contributed by atoms with Crippen molar-refractivity contribution in [2.24, 2.45) is 5.41 Å². The maximum Gasteiger partial charge on any atom is 0.338 e. The van der Waals surface area contributed by atoms with Gasteiger partial charge in [0.2, 0.25) is 0 Å². The van der Waals surface area contributed by atoms with Crippen LogP contribution in [0.1, 0.15) is 55.3 Å². The lowest BCUT2D eigenvalue weighted by Gasteiger charge is -2.17. The zero-order chi connectivity index (χ0) is 17.3. The number of hydrogen-bond acceptors (Lipinski definition) is 5. The lowest BCUT2D eigenvalue weighted by Crippen LogP contribution is -2.25. The highest BCUT2D eigenvalue weighted by Crippen LogP contribution is 2.23. The van der Waals surface area contributed by atoms with Gasteiger partial charge in [0.05, 0.1) is 12.2 Å². The van der Waals surface area contributed by atoms with Crippen molar-refractivity contribution >= 4 is 11.8 Å². The summed E-state index contributed by atoms with van der Waals surface area (Å²) in [5, 5.41) is 0. The zero-order valence-corrected chi connectivity index (χ0v) is 14.3. The predicted molar refractivity (Wildman–Crippen MR) is 85.4 cm³/mol. The first-order valence-corrected chi connectivity index (χ1v) is 7.72. The van der Waals surface area contributed by atoms with E-state index in [1.807, 2.05) is 34.6 Å². The molecule has 0 amide bonds. The largest absolute Gasteiger partial charge is 0.459 e. The first-order valence-electron chi connectivity index (χ1n) is 7.72. The number of carbonyl (C=O) groups is 2. The van der Waals surface area contributed by atoms with Gasteiger partial charge in [0, 0.05) is 11.0 Å². The van der Waals surface area contributed by atoms with Crippen LogP contribution in [0.15, 0.2) is 24.3 Å². The van der Waals surface area contributed by atoms with E-state index in [1.54, 1.807) is 24.3 Å². The second-order valence-corrected chi connectivity index (χ2v) is 7.21. The quantitative estimate of drug-likeness (QED) is 0.629. The first kappa shape index (κ1) is 17.6. The zero-order valence-electron chi connectivity index (χ0n) is 14.3. The van der Waals surface area contributed by atoms with Crippen molar-refractivity contribution in [1.29, 1.82) is 0 Å². The van der Waals surface area contributed by atoms with Gasteiger partial charge in [-0.3, -0.25) is 4.79 Å². The molecule has 1 heterocycles. The number of benzene rings is 1. The molecule has 1 atom stereocenters. The van der Waals surface area contributed by atoms with Crippen molar-refractivity contribution in [3.8, 4) is 0 Å². The monoisotopic (exact) mass is 320 g/mol. The Morgan fingerprint density at radius 2 is 1.74 bits per heavy atom. The molecule has 2 rings (SSSR count). The molecule has 1 saturated heterocycles. The van der Waals surface area contributed by atoms with Crippen LogP contribution in [0.25, 0.3) is 0 Å². The Balaban J connectivity index is 1.92. The van der Waals surface area contributed by atoms with Crippen molar-refractivity contribution in [2.45, 2.75) is 46.5 Å². The first-order chi connectivity index (χ1) is 10.6. The molecule has 1 fully saturated rings. The van der Waals surface area contributed by atoms with Crippen molar-refractivity contribution in [3.63, 3.8) is 0 Å². The number of rotatable bonds is 4. The van der Waals surface area contributed by atoms with E-state index in [0.717, 1.165) is 0 Å². The molecule has 1 aliphatic heterocycles. The van der Waals surface area contributed by atoms with Crippen LogP contribution in [-0.4, -0.2) is 36.9 Å². The molecule has 0 aliphatic carbocycles. The van der Waals surface area contributed by atoms with Gasteiger partial charge in [0.15, 0.2) is 11.6 Å². The fourth-order valence-corrected chi connectivity index (χ4v) is 2.29. The minimum absolute atomic E-state index is 0.0381. The van der Waals surface area contributed by atoms with Gasteiger partial charge in [0.25, 0.3) is 0 Å². The van der Waals surface area contributed by atoms with Crippen molar-refractivity contribution < 1.29 is 23.8 Å². The molecular weight excluding hydrogens is 296 g/mol. The van der Waals surface area contributed by atoms with Gasteiger partial charge in [-0.2, -0.15) is 0 Å². The minimum atomic E-state index is -0.633. The SMILES string of the molecule is CC1(C)OCC(COC(=O)c2ccc(C(=O)C(C)(C)C)cc2)O1. The van der Waals surface area contributed by atoms with E-state index in [-0.39, 0.29) is 18.5 Å². The third kappa shape index (κ3) is 4.62. The van der Waals surface area contributed by atoms with Gasteiger partial charge >= 0.3 is 5.97 Å². The number of esters is 1. The summed E-state index contributed by atoms with van der Waals surface area (Å²) >= 11 is 0. The summed E-state index contributed by atoms with van der Waals surface area (Å²) < 4.78 is 16.2. The molecule has 1 aromatic rings. The third-order valence-corrected chi connectivity index (χ3v) is 3.53. The lowest BCUT2D eigenvalue weighted by atomic mass is 9.86. The molecule has 1 unspecified atom stereocenters. The number of ketones is 1. The highest BCUT2D eigenvalue weighted by molar-refractivity contribution is 6.00. The summed E-state index contributed by atoms with van der Waals surface area (Å²) in [6.07, 6.45) is -0.254. The third-order valence-electron chi connectivity index (χ3n) is 3.53. The Bertz CT molecular complexity index is 580. The molecule has 0 N–H and O–H groups in total. The van der Waals surface area contributed by atoms with Crippen LogP contribution in [0.4, 0.5) is 0 Å². The molecule has 5 heteroatoms. The Hall–Kier alpha value is -1.72. The second-order valence-electron chi connectivity index (χ2n) is 7.21. The van der Waals surface area contributed by atoms with Crippen LogP contribution in [0.3, 0.4) is 0 Å². The van der Waals surface area contributed by atoms with Crippen LogP contribution in [-0.2, 0) is 14.2 Å². The Morgan fingerprint density at radius 3 is 2.22 bits per heavy atom. The van der Waals surface area contributed by atoms with Crippen LogP contribution in [0.5, 0.6) is 0 Å². The van der Waals surface area contributed by atoms with Gasteiger partial charge in [0.1, 0.15) is 12.7 Å². The highest BCUT2D eigenvalue weighted by atomic mass is 16.7. The fourth-order valence-electron chi connectivity index (χ4n) is 2.29. The summed E-state index contributed by atoms with van der Waals surface area (Å²) in [5.74, 6) is -1.03. The summed E-state index contributed by atoms with van der Waals surface area (Å²) in [6, 6.07) is 6.53. The van der Waals surface area contributed by atoms with Gasteiger partial charge in [-0.05, 0) is 26.0 Å². The summed E-state index contributed by atoms with van der Waals surface area (Å²) in [7, 11) is 0. The number of Topliss-reactive ketones (excluding diaryl/α,β-unsaturated/α-hetero) is 1. The molecule has 0 aromatic heterocycles. The number of ether oxygens (including phenoxy) is 3. The maximum absolute atomic E-state index is 12.2. The molecule has 0 saturated carbocycles. The molecule has 0 radical (unpaired) electrons. The molecular formula is C18H24O5. The average Bonchev–Trinajstić information content (AvgIpc) is 2.82. The van der Waals surface area contributed by atoms with E-state index < -0.39 is 17.2 Å². The lowest BCUT2D eigenvalue weighted by molar-refractivity contribution is -0.142. The minimum Gasteiger partial charge on any atom is -0.459 e. The Labute approximate surface area is 136 Å². The standard InChI is InChI=1S/C18H24O5/c1-17(2,3)15(19)12-6-8-13(9-7-12)16(20)21-10-14-11-22-18(4,5)23-14/h6-9,14H,10-11H2,1-5H3. The topological polar surface area (TPSA) is 61.8 Å². The van der Waals surface area contributed by atoms with Crippen molar-refractivity contribution in [3.05, 3.63) is 35.4 Å². The van der Waals surface area contributed by atoms with Crippen LogP contribution in [0, 0.1) is 5.41 Å². The van der Waals surface area contributed by atoms with Crippen LogP contribution in [0.2, 0.25) is 0 Å². The molecule has 1 aromatic carbocycles. The van der Waals surface area contributed by atoms with Gasteiger partial charge in [-0.15, -0.1) is 0 Å². The summed E-state index contributed by atoms with van der Waals surface area (Å²) in [4.78, 5) is 24.2. The smallest absolute Gasteiger partial charge is 0.338 e. The maximum atomic E-state index is 12.2. The number of carbonyl (C=O) groups excluding carboxylic acids is 2. The van der Waals surface area contributed by atoms with Crippen LogP contribution < -0.4 is 0 Å². The fraction of sp³-hybridized carbons (Fsp3) is 0.556. The molecule has 0 bridgehead atoms. The second kappa shape index (κ2) is 6.42. The molecule has 0 spiro atoms. The van der Waals surface area contributed by atoms with Crippen molar-refractivity contribution in [2.75, 3.05) is 13.2 Å². The van der Waals surface area contributed by atoms with E-state index in [4.69, 9.17) is 14.2 Å². The van der Waals surface area contributed by atoms with Crippen LogP contribution >= 0.6 is 0 Å². The summed E-state index contributed by atoms with van der Waals surface area (Å²) in [6.45, 7) is 9.78. The van der Waals surface area contributed by atoms with E-state index in [9.17, 15) is 9.59 Å².